The van der Waals surface area contributed by atoms with Gasteiger partial charge in [-0.05, 0) is 170 Å². The van der Waals surface area contributed by atoms with Crippen LogP contribution < -0.4 is 9.80 Å². The monoisotopic (exact) mass is 710 g/mol. The van der Waals surface area contributed by atoms with Crippen LogP contribution >= 0.6 is 11.6 Å². The van der Waals surface area contributed by atoms with Crippen LogP contribution in [0.15, 0.2) is 115 Å². The van der Waals surface area contributed by atoms with E-state index in [0.717, 1.165) is 40.1 Å². The molecule has 8 bridgehead atoms. The van der Waals surface area contributed by atoms with Gasteiger partial charge in [0.15, 0.2) is 0 Å². The largest absolute Gasteiger partial charge is 0.308 e. The lowest BCUT2D eigenvalue weighted by Gasteiger charge is -2.64. The summed E-state index contributed by atoms with van der Waals surface area (Å²) in [6.07, 6.45) is 14.0. The van der Waals surface area contributed by atoms with Crippen molar-refractivity contribution in [3.8, 4) is 0 Å². The molecule has 5 aromatic rings. The van der Waals surface area contributed by atoms with Gasteiger partial charge in [-0.2, -0.15) is 0 Å². The van der Waals surface area contributed by atoms with E-state index in [1.165, 1.54) is 109 Å². The minimum Gasteiger partial charge on any atom is -0.308 e. The van der Waals surface area contributed by atoms with Gasteiger partial charge in [-0.25, -0.2) is 0 Å². The Balaban J connectivity index is 1.01. The number of rotatable bonds is 2. The van der Waals surface area contributed by atoms with E-state index in [1.54, 1.807) is 0 Å². The van der Waals surface area contributed by atoms with E-state index in [4.69, 9.17) is 11.6 Å². The second-order valence-corrected chi connectivity index (χ2v) is 19.1. The molecule has 8 saturated carbocycles. The van der Waals surface area contributed by atoms with Crippen molar-refractivity contribution in [3.63, 3.8) is 0 Å². The van der Waals surface area contributed by atoms with Gasteiger partial charge in [0.25, 0.3) is 0 Å². The van der Waals surface area contributed by atoms with Gasteiger partial charge in [0.1, 0.15) is 0 Å². The molecule has 0 amide bonds. The van der Waals surface area contributed by atoms with Gasteiger partial charge in [0.05, 0.1) is 39.1 Å². The second-order valence-electron chi connectivity index (χ2n) is 18.7. The molecule has 0 unspecified atom stereocenters. The van der Waals surface area contributed by atoms with Gasteiger partial charge < -0.3 is 9.80 Å². The maximum absolute atomic E-state index is 7.95. The van der Waals surface area contributed by atoms with Crippen molar-refractivity contribution in [1.82, 2.24) is 0 Å². The lowest BCUT2D eigenvalue weighted by molar-refractivity contribution is -0.0419. The number of anilines is 6. The molecular weight excluding hydrogens is 664 g/mol. The third-order valence-corrected chi connectivity index (χ3v) is 17.0. The van der Waals surface area contributed by atoms with E-state index in [1.807, 2.05) is 0 Å². The van der Waals surface area contributed by atoms with Crippen molar-refractivity contribution in [2.75, 3.05) is 9.80 Å². The summed E-state index contributed by atoms with van der Waals surface area (Å²) in [6, 6.07) is 44.5. The standard InChI is InChI=1S/C50H47ClN2/c51-48-46(52-42-14-5-1-10-38(42)49(39-11-2-6-15-43(39)52)34-22-30-20-31(24-34)25-35(49)23-30)18-9-19-47(48)53-44-16-7-3-12-40(44)50(41-13-4-8-17-45(41)53)36-26-32-21-33(28-36)29-37(50)27-32/h1-19,30-37H,20-29H2. The van der Waals surface area contributed by atoms with Crippen molar-refractivity contribution in [3.05, 3.63) is 143 Å². The van der Waals surface area contributed by atoms with Crippen LogP contribution in [0.25, 0.3) is 0 Å². The zero-order valence-electron chi connectivity index (χ0n) is 30.4. The molecule has 2 heterocycles. The number of para-hydroxylation sites is 4. The summed E-state index contributed by atoms with van der Waals surface area (Å²) in [5.74, 6) is 6.51. The molecule has 8 fully saturated rings. The highest BCUT2D eigenvalue weighted by Crippen LogP contribution is 2.72. The van der Waals surface area contributed by atoms with Crippen molar-refractivity contribution < 1.29 is 0 Å². The van der Waals surface area contributed by atoms with Crippen molar-refractivity contribution in [2.45, 2.75) is 75.0 Å². The van der Waals surface area contributed by atoms with E-state index in [9.17, 15) is 0 Å². The summed E-state index contributed by atoms with van der Waals surface area (Å²) >= 11 is 7.95. The predicted octanol–water partition coefficient (Wildman–Crippen LogP) is 13.4. The first-order chi connectivity index (χ1) is 26.1. The van der Waals surface area contributed by atoms with Crippen LogP contribution in [0.3, 0.4) is 0 Å². The Bertz CT molecular complexity index is 2020. The van der Waals surface area contributed by atoms with Gasteiger partial charge in [-0.15, -0.1) is 0 Å². The molecule has 0 aromatic heterocycles. The fraction of sp³-hybridized carbons (Fsp3) is 0.400. The zero-order chi connectivity index (χ0) is 34.6. The van der Waals surface area contributed by atoms with Gasteiger partial charge in [0.2, 0.25) is 0 Å². The van der Waals surface area contributed by atoms with Crippen LogP contribution in [0.2, 0.25) is 5.02 Å². The van der Waals surface area contributed by atoms with E-state index >= 15 is 0 Å². The van der Waals surface area contributed by atoms with E-state index in [2.05, 4.69) is 125 Å². The topological polar surface area (TPSA) is 6.48 Å². The number of hydrogen-bond acceptors (Lipinski definition) is 2. The minimum atomic E-state index is 0.0823. The molecule has 5 aromatic carbocycles. The SMILES string of the molecule is Clc1c(N2c3ccccc3C3(c4ccccc42)C2CC4CC(C2)CC3C4)cccc1N1c2ccccc2C2(c3ccccc31)C1CC3CC(C1)CC2C3. The molecule has 264 valence electrons. The van der Waals surface area contributed by atoms with Crippen LogP contribution in [0.4, 0.5) is 34.1 Å². The minimum absolute atomic E-state index is 0.0823. The van der Waals surface area contributed by atoms with E-state index < -0.39 is 0 Å². The first kappa shape index (κ1) is 30.3. The molecule has 0 N–H and O–H groups in total. The molecular formula is C50H47ClN2. The highest BCUT2D eigenvalue weighted by atomic mass is 35.5. The molecule has 0 atom stereocenters. The Morgan fingerprint density at radius 1 is 0.340 bits per heavy atom. The van der Waals surface area contributed by atoms with Crippen molar-refractivity contribution in [2.24, 2.45) is 47.3 Å². The number of hydrogen-bond donors (Lipinski definition) is 0. The molecule has 8 aliphatic carbocycles. The van der Waals surface area contributed by atoms with Crippen LogP contribution in [0.5, 0.6) is 0 Å². The molecule has 15 rings (SSSR count). The summed E-state index contributed by atoms with van der Waals surface area (Å²) in [7, 11) is 0. The smallest absolute Gasteiger partial charge is 0.0887 e. The average Bonchev–Trinajstić information content (AvgIpc) is 3.18. The fourth-order valence-corrected chi connectivity index (χ4v) is 15.9. The van der Waals surface area contributed by atoms with E-state index in [0.29, 0.717) is 23.7 Å². The molecule has 0 radical (unpaired) electrons. The zero-order valence-corrected chi connectivity index (χ0v) is 31.2. The summed E-state index contributed by atoms with van der Waals surface area (Å²) in [5, 5.41) is 0.823. The molecule has 10 aliphatic rings. The molecule has 3 heteroatoms. The Labute approximate surface area is 319 Å². The Morgan fingerprint density at radius 3 is 0.906 bits per heavy atom. The van der Waals surface area contributed by atoms with Gasteiger partial charge in [-0.3, -0.25) is 0 Å². The maximum atomic E-state index is 7.95. The lowest BCUT2D eigenvalue weighted by atomic mass is 9.41. The Morgan fingerprint density at radius 2 is 0.604 bits per heavy atom. The van der Waals surface area contributed by atoms with Crippen LogP contribution in [-0.4, -0.2) is 0 Å². The van der Waals surface area contributed by atoms with Gasteiger partial charge in [0, 0.05) is 10.8 Å². The summed E-state index contributed by atoms with van der Waals surface area (Å²) in [4.78, 5) is 5.07. The third kappa shape index (κ3) is 3.68. The third-order valence-electron chi connectivity index (χ3n) is 16.7. The average molecular weight is 711 g/mol. The van der Waals surface area contributed by atoms with Gasteiger partial charge in [-0.1, -0.05) is 90.5 Å². The molecule has 2 aliphatic heterocycles. The number of halogens is 1. The Hall–Kier alpha value is -4.01. The van der Waals surface area contributed by atoms with Crippen LogP contribution in [-0.2, 0) is 10.8 Å². The normalized spacial score (nSPS) is 32.5. The molecule has 2 nitrogen and oxygen atoms in total. The highest BCUT2D eigenvalue weighted by molar-refractivity contribution is 6.37. The lowest BCUT2D eigenvalue weighted by Crippen LogP contribution is -2.57. The fourth-order valence-electron chi connectivity index (χ4n) is 15.6. The number of nitrogens with zero attached hydrogens (tertiary/aromatic N) is 2. The van der Waals surface area contributed by atoms with Crippen LogP contribution in [0.1, 0.15) is 86.5 Å². The summed E-state index contributed by atoms with van der Waals surface area (Å²) < 4.78 is 0. The van der Waals surface area contributed by atoms with Gasteiger partial charge >= 0.3 is 0 Å². The first-order valence-electron chi connectivity index (χ1n) is 20.9. The first-order valence-corrected chi connectivity index (χ1v) is 21.3. The second kappa shape index (κ2) is 10.6. The van der Waals surface area contributed by atoms with Crippen molar-refractivity contribution in [1.29, 1.82) is 0 Å². The van der Waals surface area contributed by atoms with E-state index in [-0.39, 0.29) is 10.8 Å². The van der Waals surface area contributed by atoms with Crippen molar-refractivity contribution >= 4 is 45.7 Å². The highest BCUT2D eigenvalue weighted by Gasteiger charge is 2.63. The predicted molar refractivity (Wildman–Crippen MR) is 216 cm³/mol. The number of benzene rings is 5. The number of fused-ring (bicyclic) bond motifs is 4. The summed E-state index contributed by atoms with van der Waals surface area (Å²) in [6.45, 7) is 0. The maximum Gasteiger partial charge on any atom is 0.0887 e. The Kier molecular flexibility index (Phi) is 6.07. The molecule has 53 heavy (non-hydrogen) atoms. The quantitative estimate of drug-likeness (QED) is 0.180. The van der Waals surface area contributed by atoms with Crippen LogP contribution in [0, 0.1) is 47.3 Å². The summed E-state index contributed by atoms with van der Waals surface area (Å²) in [5.41, 5.74) is 13.7. The molecule has 2 spiro atoms. The molecule has 0 saturated heterocycles.